The average Bonchev–Trinajstić information content (AvgIpc) is 2.23. The number of hydrogen-bond donors (Lipinski definition) is 2. The highest BCUT2D eigenvalue weighted by molar-refractivity contribution is 5.79. The first-order valence-corrected chi connectivity index (χ1v) is 6.32. The first-order valence-electron chi connectivity index (χ1n) is 6.32. The van der Waals surface area contributed by atoms with E-state index in [1.54, 1.807) is 4.90 Å². The van der Waals surface area contributed by atoms with Crippen LogP contribution in [0, 0.1) is 5.41 Å². The first kappa shape index (κ1) is 14.5. The van der Waals surface area contributed by atoms with Crippen LogP contribution in [0.2, 0.25) is 0 Å². The van der Waals surface area contributed by atoms with E-state index in [4.69, 9.17) is 5.11 Å². The predicted octanol–water partition coefficient (Wildman–Crippen LogP) is 1.85. The van der Waals surface area contributed by atoms with Crippen molar-refractivity contribution in [3.63, 3.8) is 0 Å². The number of nitrogens with zero attached hydrogens (tertiary/aromatic N) is 1. The molecule has 1 saturated carbocycles. The predicted molar refractivity (Wildman–Crippen MR) is 69.4 cm³/mol. The third-order valence-electron chi connectivity index (χ3n) is 3.47. The van der Waals surface area contributed by atoms with Crippen molar-refractivity contribution in [1.29, 1.82) is 0 Å². The molecule has 0 radical (unpaired) electrons. The second-order valence-electron chi connectivity index (χ2n) is 5.07. The van der Waals surface area contributed by atoms with Crippen molar-refractivity contribution in [1.82, 2.24) is 10.2 Å². The van der Waals surface area contributed by atoms with Gasteiger partial charge in [-0.05, 0) is 26.7 Å². The maximum absolute atomic E-state index is 11.9. The monoisotopic (exact) mass is 254 g/mol. The summed E-state index contributed by atoms with van der Waals surface area (Å²) in [6, 6.07) is -0.215. The van der Waals surface area contributed by atoms with Crippen LogP contribution in [-0.4, -0.2) is 41.6 Å². The molecule has 102 valence electrons. The molecular weight excluding hydrogens is 232 g/mol. The zero-order valence-electron chi connectivity index (χ0n) is 11.2. The number of carbonyl (C=O) groups excluding carboxylic acids is 1. The van der Waals surface area contributed by atoms with Crippen LogP contribution >= 0.6 is 0 Å². The molecule has 1 aliphatic rings. The lowest BCUT2D eigenvalue weighted by molar-refractivity contribution is -0.153. The van der Waals surface area contributed by atoms with E-state index in [0.29, 0.717) is 25.9 Å². The number of likely N-dealkylation sites (N-methyl/N-ethyl adjacent to an activating group) is 1. The molecule has 18 heavy (non-hydrogen) atoms. The van der Waals surface area contributed by atoms with Crippen LogP contribution in [0.5, 0.6) is 0 Å². The Morgan fingerprint density at radius 1 is 1.44 bits per heavy atom. The molecule has 0 heterocycles. The van der Waals surface area contributed by atoms with E-state index in [9.17, 15) is 9.59 Å². The molecule has 5 nitrogen and oxygen atoms in total. The fraction of sp³-hybridized carbons (Fsp3) is 0.692. The van der Waals surface area contributed by atoms with Crippen molar-refractivity contribution >= 4 is 12.0 Å². The minimum absolute atomic E-state index is 0.215. The van der Waals surface area contributed by atoms with Gasteiger partial charge in [0.05, 0.1) is 5.41 Å². The molecule has 1 rings (SSSR count). The highest BCUT2D eigenvalue weighted by atomic mass is 16.4. The number of carbonyl (C=O) groups is 2. The minimum Gasteiger partial charge on any atom is -0.481 e. The maximum atomic E-state index is 11.9. The largest absolute Gasteiger partial charge is 0.481 e. The van der Waals surface area contributed by atoms with Gasteiger partial charge in [-0.25, -0.2) is 4.79 Å². The second-order valence-corrected chi connectivity index (χ2v) is 5.07. The summed E-state index contributed by atoms with van der Waals surface area (Å²) in [4.78, 5) is 24.7. The maximum Gasteiger partial charge on any atom is 0.317 e. The zero-order chi connectivity index (χ0) is 13.8. The van der Waals surface area contributed by atoms with E-state index < -0.39 is 11.4 Å². The van der Waals surface area contributed by atoms with Crippen LogP contribution in [0.1, 0.15) is 33.1 Å². The molecule has 0 saturated heterocycles. The van der Waals surface area contributed by atoms with E-state index in [-0.39, 0.29) is 12.6 Å². The molecule has 1 aliphatic carbocycles. The van der Waals surface area contributed by atoms with Crippen LogP contribution in [0.15, 0.2) is 12.2 Å². The van der Waals surface area contributed by atoms with Crippen LogP contribution in [0.3, 0.4) is 0 Å². The van der Waals surface area contributed by atoms with E-state index in [2.05, 4.69) is 11.9 Å². The molecule has 1 fully saturated rings. The lowest BCUT2D eigenvalue weighted by atomic mass is 9.69. The Morgan fingerprint density at radius 3 is 2.39 bits per heavy atom. The molecule has 0 aromatic carbocycles. The van der Waals surface area contributed by atoms with Gasteiger partial charge < -0.3 is 15.3 Å². The Bertz CT molecular complexity index is 348. The molecule has 2 N–H and O–H groups in total. The summed E-state index contributed by atoms with van der Waals surface area (Å²) in [5.41, 5.74) is 0.168. The fourth-order valence-electron chi connectivity index (χ4n) is 2.08. The van der Waals surface area contributed by atoms with E-state index in [1.807, 2.05) is 13.8 Å². The summed E-state index contributed by atoms with van der Waals surface area (Å²) in [5.74, 6) is -0.808. The lowest BCUT2D eigenvalue weighted by Crippen LogP contribution is -2.50. The summed E-state index contributed by atoms with van der Waals surface area (Å²) >= 11 is 0. The third-order valence-corrected chi connectivity index (χ3v) is 3.47. The molecule has 0 unspecified atom stereocenters. The normalized spacial score (nSPS) is 16.6. The van der Waals surface area contributed by atoms with Crippen LogP contribution in [0.4, 0.5) is 4.79 Å². The highest BCUT2D eigenvalue weighted by Crippen LogP contribution is 2.40. The third kappa shape index (κ3) is 3.24. The summed E-state index contributed by atoms with van der Waals surface area (Å²) < 4.78 is 0. The standard InChI is InChI=1S/C13H22N2O3/c1-4-15(8-10(2)3)12(18)14-9-13(11(16)17)6-5-7-13/h2,4-9H2,1,3H3,(H,14,18)(H,16,17). The summed E-state index contributed by atoms with van der Waals surface area (Å²) in [6.45, 7) is 8.82. The Balaban J connectivity index is 2.49. The highest BCUT2D eigenvalue weighted by Gasteiger charge is 2.44. The van der Waals surface area contributed by atoms with E-state index in [0.717, 1.165) is 12.0 Å². The minimum atomic E-state index is -0.808. The smallest absolute Gasteiger partial charge is 0.317 e. The van der Waals surface area contributed by atoms with Gasteiger partial charge in [-0.15, -0.1) is 0 Å². The number of rotatable bonds is 6. The summed E-state index contributed by atoms with van der Waals surface area (Å²) in [7, 11) is 0. The number of carboxylic acids is 1. The van der Waals surface area contributed by atoms with Crippen LogP contribution < -0.4 is 5.32 Å². The van der Waals surface area contributed by atoms with Crippen LogP contribution in [0.25, 0.3) is 0 Å². The first-order chi connectivity index (χ1) is 8.41. The summed E-state index contributed by atoms with van der Waals surface area (Å²) in [5, 5.41) is 11.9. The molecular formula is C13H22N2O3. The van der Waals surface area contributed by atoms with Gasteiger partial charge in [0, 0.05) is 19.6 Å². The molecule has 2 amide bonds. The van der Waals surface area contributed by atoms with Crippen LogP contribution in [-0.2, 0) is 4.79 Å². The average molecular weight is 254 g/mol. The van der Waals surface area contributed by atoms with Gasteiger partial charge in [-0.1, -0.05) is 18.6 Å². The summed E-state index contributed by atoms with van der Waals surface area (Å²) in [6.07, 6.45) is 2.22. The zero-order valence-corrected chi connectivity index (χ0v) is 11.2. The number of hydrogen-bond acceptors (Lipinski definition) is 2. The van der Waals surface area contributed by atoms with Crippen molar-refractivity contribution in [2.45, 2.75) is 33.1 Å². The van der Waals surface area contributed by atoms with Gasteiger partial charge in [0.2, 0.25) is 0 Å². The van der Waals surface area contributed by atoms with Gasteiger partial charge in [-0.3, -0.25) is 4.79 Å². The molecule has 0 aromatic rings. The topological polar surface area (TPSA) is 69.6 Å². The van der Waals surface area contributed by atoms with Crippen molar-refractivity contribution in [3.8, 4) is 0 Å². The number of aliphatic carboxylic acids is 1. The number of nitrogens with one attached hydrogen (secondary N) is 1. The van der Waals surface area contributed by atoms with Gasteiger partial charge in [-0.2, -0.15) is 0 Å². The second kappa shape index (κ2) is 5.89. The molecule has 0 atom stereocenters. The van der Waals surface area contributed by atoms with E-state index in [1.165, 1.54) is 0 Å². The molecule has 0 spiro atoms. The van der Waals surface area contributed by atoms with Crippen molar-refractivity contribution in [2.24, 2.45) is 5.41 Å². The van der Waals surface area contributed by atoms with Gasteiger partial charge in [0.1, 0.15) is 0 Å². The number of carboxylic acid groups (broad SMARTS) is 1. The van der Waals surface area contributed by atoms with Gasteiger partial charge in [0.25, 0.3) is 0 Å². The molecule has 0 aromatic heterocycles. The molecule has 5 heteroatoms. The van der Waals surface area contributed by atoms with E-state index >= 15 is 0 Å². The Morgan fingerprint density at radius 2 is 2.06 bits per heavy atom. The van der Waals surface area contributed by atoms with Crippen molar-refractivity contribution in [2.75, 3.05) is 19.6 Å². The SMILES string of the molecule is C=C(C)CN(CC)C(=O)NCC1(C(=O)O)CCC1. The quantitative estimate of drug-likeness (QED) is 0.711. The Hall–Kier alpha value is -1.52. The fourth-order valence-corrected chi connectivity index (χ4v) is 2.08. The van der Waals surface area contributed by atoms with Crippen molar-refractivity contribution < 1.29 is 14.7 Å². The number of amides is 2. The lowest BCUT2D eigenvalue weighted by Gasteiger charge is -2.38. The Labute approximate surface area is 108 Å². The Kier molecular flexibility index (Phi) is 4.76. The van der Waals surface area contributed by atoms with Crippen molar-refractivity contribution in [3.05, 3.63) is 12.2 Å². The number of urea groups is 1. The van der Waals surface area contributed by atoms with Gasteiger partial charge >= 0.3 is 12.0 Å². The molecule has 0 aliphatic heterocycles. The van der Waals surface area contributed by atoms with Gasteiger partial charge in [0.15, 0.2) is 0 Å². The molecule has 0 bridgehead atoms.